The highest BCUT2D eigenvalue weighted by atomic mass is 16.2. The Kier molecular flexibility index (Phi) is 3.92. The molecule has 4 rings (SSSR count). The average molecular weight is 335 g/mol. The molecule has 0 aromatic heterocycles. The van der Waals surface area contributed by atoms with E-state index < -0.39 is 0 Å². The molecule has 0 saturated carbocycles. The number of nitrogens with one attached hydrogen (secondary N) is 1. The van der Waals surface area contributed by atoms with E-state index in [1.165, 1.54) is 5.56 Å². The van der Waals surface area contributed by atoms with Gasteiger partial charge in [-0.3, -0.25) is 14.5 Å². The van der Waals surface area contributed by atoms with Crippen LogP contribution in [-0.2, 0) is 16.0 Å². The lowest BCUT2D eigenvalue weighted by molar-refractivity contribution is -0.121. The Morgan fingerprint density at radius 2 is 1.84 bits per heavy atom. The largest absolute Gasteiger partial charge is 0.359 e. The number of amides is 2. The molecule has 0 unspecified atom stereocenters. The lowest BCUT2D eigenvalue weighted by atomic mass is 9.96. The molecule has 2 aromatic carbocycles. The first-order valence-electron chi connectivity index (χ1n) is 8.67. The van der Waals surface area contributed by atoms with Gasteiger partial charge in [-0.25, -0.2) is 0 Å². The fourth-order valence-corrected chi connectivity index (χ4v) is 3.69. The first-order chi connectivity index (χ1) is 12.1. The van der Waals surface area contributed by atoms with E-state index in [1.807, 2.05) is 36.4 Å². The molecule has 128 valence electrons. The number of para-hydroxylation sites is 3. The Balaban J connectivity index is 1.62. The maximum Gasteiger partial charge on any atom is 0.247 e. The highest BCUT2D eigenvalue weighted by Gasteiger charge is 2.30. The second-order valence-electron chi connectivity index (χ2n) is 6.69. The molecule has 0 saturated heterocycles. The van der Waals surface area contributed by atoms with Gasteiger partial charge in [0.05, 0.1) is 17.9 Å². The number of carbonyl (C=O) groups is 2. The molecule has 2 amide bonds. The summed E-state index contributed by atoms with van der Waals surface area (Å²) in [5, 5.41) is 2.83. The third-order valence-electron chi connectivity index (χ3n) is 5.04. The minimum absolute atomic E-state index is 0.0501. The van der Waals surface area contributed by atoms with Gasteiger partial charge < -0.3 is 10.2 Å². The van der Waals surface area contributed by atoms with E-state index >= 15 is 0 Å². The molecule has 1 atom stereocenters. The third kappa shape index (κ3) is 2.86. The molecule has 0 fully saturated rings. The number of carbonyl (C=O) groups excluding carboxylic acids is 2. The molecule has 0 aliphatic carbocycles. The normalized spacial score (nSPS) is 19.1. The van der Waals surface area contributed by atoms with E-state index in [9.17, 15) is 9.59 Å². The van der Waals surface area contributed by atoms with Crippen LogP contribution in [-0.4, -0.2) is 30.9 Å². The van der Waals surface area contributed by atoms with E-state index in [-0.39, 0.29) is 24.9 Å². The minimum atomic E-state index is -0.154. The van der Waals surface area contributed by atoms with E-state index in [2.05, 4.69) is 29.3 Å². The summed E-state index contributed by atoms with van der Waals surface area (Å²) in [6.45, 7) is 2.50. The van der Waals surface area contributed by atoms with Gasteiger partial charge in [-0.15, -0.1) is 0 Å². The van der Waals surface area contributed by atoms with E-state index in [0.29, 0.717) is 11.7 Å². The van der Waals surface area contributed by atoms with Gasteiger partial charge in [0.2, 0.25) is 11.8 Å². The number of hydrogen-bond donors (Lipinski definition) is 1. The first kappa shape index (κ1) is 15.7. The summed E-state index contributed by atoms with van der Waals surface area (Å²) in [5.41, 5.74) is 3.87. The lowest BCUT2D eigenvalue weighted by Crippen LogP contribution is -2.49. The van der Waals surface area contributed by atoms with E-state index in [1.54, 1.807) is 4.90 Å². The van der Waals surface area contributed by atoms with Crippen molar-refractivity contribution in [2.75, 3.05) is 28.2 Å². The second kappa shape index (κ2) is 6.24. The van der Waals surface area contributed by atoms with Gasteiger partial charge >= 0.3 is 0 Å². The van der Waals surface area contributed by atoms with Crippen LogP contribution in [0.1, 0.15) is 18.9 Å². The molecule has 0 bridgehead atoms. The number of rotatable bonds is 2. The van der Waals surface area contributed by atoms with Crippen molar-refractivity contribution in [3.63, 3.8) is 0 Å². The van der Waals surface area contributed by atoms with Crippen LogP contribution in [0.4, 0.5) is 17.1 Å². The number of nitrogens with zero attached hydrogens (tertiary/aromatic N) is 2. The third-order valence-corrected chi connectivity index (χ3v) is 5.04. The molecule has 0 radical (unpaired) electrons. The quantitative estimate of drug-likeness (QED) is 0.918. The van der Waals surface area contributed by atoms with Crippen LogP contribution in [0.25, 0.3) is 0 Å². The topological polar surface area (TPSA) is 52.7 Å². The number of hydrogen-bond acceptors (Lipinski definition) is 3. The van der Waals surface area contributed by atoms with Crippen molar-refractivity contribution in [2.24, 2.45) is 0 Å². The Morgan fingerprint density at radius 1 is 1.12 bits per heavy atom. The Bertz CT molecular complexity index is 833. The molecule has 1 N–H and O–H groups in total. The van der Waals surface area contributed by atoms with Crippen LogP contribution >= 0.6 is 0 Å². The lowest BCUT2D eigenvalue weighted by Gasteiger charge is -2.38. The predicted octanol–water partition coefficient (Wildman–Crippen LogP) is 2.81. The molecule has 5 nitrogen and oxygen atoms in total. The van der Waals surface area contributed by atoms with E-state index in [4.69, 9.17) is 0 Å². The van der Waals surface area contributed by atoms with Crippen LogP contribution in [0.3, 0.4) is 0 Å². The van der Waals surface area contributed by atoms with Crippen molar-refractivity contribution >= 4 is 28.9 Å². The summed E-state index contributed by atoms with van der Waals surface area (Å²) in [4.78, 5) is 28.8. The van der Waals surface area contributed by atoms with Crippen molar-refractivity contribution in [1.82, 2.24) is 0 Å². The Hall–Kier alpha value is -2.82. The summed E-state index contributed by atoms with van der Waals surface area (Å²) in [5.74, 6) is -0.204. The van der Waals surface area contributed by atoms with Crippen LogP contribution < -0.4 is 15.1 Å². The zero-order chi connectivity index (χ0) is 17.4. The highest BCUT2D eigenvalue weighted by Crippen LogP contribution is 2.32. The fourth-order valence-electron chi connectivity index (χ4n) is 3.69. The molecule has 2 aromatic rings. The summed E-state index contributed by atoms with van der Waals surface area (Å²) in [6, 6.07) is 16.0. The fraction of sp³-hybridized carbons (Fsp3) is 0.300. The van der Waals surface area contributed by atoms with Gasteiger partial charge in [-0.2, -0.15) is 0 Å². The van der Waals surface area contributed by atoms with Crippen LogP contribution in [0.2, 0.25) is 0 Å². The molecule has 2 heterocycles. The number of anilines is 3. The summed E-state index contributed by atoms with van der Waals surface area (Å²) < 4.78 is 0. The standard InChI is InChI=1S/C20H21N3O2/c1-14-10-11-15-6-2-4-8-17(15)22(14)13-20(25)23-12-19(24)21-16-7-3-5-9-18(16)23/h2-9,14H,10-13H2,1H3,(H,21,24)/t14-/m1/s1. The molecule has 25 heavy (non-hydrogen) atoms. The SMILES string of the molecule is C[C@@H]1CCc2ccccc2N1CC(=O)N1CC(=O)Nc2ccccc21. The Morgan fingerprint density at radius 3 is 2.68 bits per heavy atom. The van der Waals surface area contributed by atoms with Gasteiger partial charge in [0, 0.05) is 11.7 Å². The molecule has 2 aliphatic heterocycles. The summed E-state index contributed by atoms with van der Waals surface area (Å²) in [6.07, 6.45) is 2.07. The van der Waals surface area contributed by atoms with Crippen molar-refractivity contribution in [3.8, 4) is 0 Å². The molecule has 5 heteroatoms. The number of fused-ring (bicyclic) bond motifs is 2. The van der Waals surface area contributed by atoms with Gasteiger partial charge in [-0.05, 0) is 43.5 Å². The second-order valence-corrected chi connectivity index (χ2v) is 6.69. The van der Waals surface area contributed by atoms with Gasteiger partial charge in [0.15, 0.2) is 0 Å². The molecular weight excluding hydrogens is 314 g/mol. The molecule has 2 aliphatic rings. The smallest absolute Gasteiger partial charge is 0.247 e. The van der Waals surface area contributed by atoms with Crippen LogP contribution in [0.15, 0.2) is 48.5 Å². The van der Waals surface area contributed by atoms with Crippen molar-refractivity contribution in [1.29, 1.82) is 0 Å². The zero-order valence-electron chi connectivity index (χ0n) is 14.2. The first-order valence-corrected chi connectivity index (χ1v) is 8.67. The summed E-state index contributed by atoms with van der Waals surface area (Å²) in [7, 11) is 0. The van der Waals surface area contributed by atoms with Crippen molar-refractivity contribution in [2.45, 2.75) is 25.8 Å². The Labute approximate surface area is 147 Å². The van der Waals surface area contributed by atoms with Crippen molar-refractivity contribution < 1.29 is 9.59 Å². The van der Waals surface area contributed by atoms with Crippen LogP contribution in [0, 0.1) is 0 Å². The minimum Gasteiger partial charge on any atom is -0.359 e. The van der Waals surface area contributed by atoms with E-state index in [0.717, 1.165) is 24.2 Å². The number of aryl methyl sites for hydroxylation is 1. The van der Waals surface area contributed by atoms with Gasteiger partial charge in [0.25, 0.3) is 0 Å². The zero-order valence-corrected chi connectivity index (χ0v) is 14.2. The molecular formula is C20H21N3O2. The maximum absolute atomic E-state index is 13.0. The summed E-state index contributed by atoms with van der Waals surface area (Å²) >= 11 is 0. The van der Waals surface area contributed by atoms with Gasteiger partial charge in [0.1, 0.15) is 6.54 Å². The molecule has 0 spiro atoms. The highest BCUT2D eigenvalue weighted by molar-refractivity contribution is 6.10. The van der Waals surface area contributed by atoms with Gasteiger partial charge in [-0.1, -0.05) is 30.3 Å². The predicted molar refractivity (Wildman–Crippen MR) is 99.0 cm³/mol. The average Bonchev–Trinajstić information content (AvgIpc) is 2.63. The van der Waals surface area contributed by atoms with Crippen LogP contribution in [0.5, 0.6) is 0 Å². The number of benzene rings is 2. The maximum atomic E-state index is 13.0. The van der Waals surface area contributed by atoms with Crippen molar-refractivity contribution in [3.05, 3.63) is 54.1 Å². The monoisotopic (exact) mass is 335 g/mol.